The lowest BCUT2D eigenvalue weighted by Gasteiger charge is -2.18. The Kier molecular flexibility index (Phi) is 4.66. The van der Waals surface area contributed by atoms with Crippen LogP contribution in [0.2, 0.25) is 0 Å². The molecule has 0 saturated heterocycles. The zero-order chi connectivity index (χ0) is 13.8. The van der Waals surface area contributed by atoms with Crippen LogP contribution in [-0.2, 0) is 13.5 Å². The van der Waals surface area contributed by atoms with Crippen molar-refractivity contribution in [3.05, 3.63) is 46.2 Å². The maximum absolute atomic E-state index is 13.5. The van der Waals surface area contributed by atoms with Gasteiger partial charge < -0.3 is 5.32 Å². The smallest absolute Gasteiger partial charge is 0.138 e. The molecule has 1 aromatic heterocycles. The highest BCUT2D eigenvalue weighted by Crippen LogP contribution is 2.22. The van der Waals surface area contributed by atoms with E-state index in [-0.39, 0.29) is 11.9 Å². The molecular formula is C13H16BrFN4. The second-order valence-corrected chi connectivity index (χ2v) is 5.23. The Balaban J connectivity index is 2.26. The summed E-state index contributed by atoms with van der Waals surface area (Å²) >= 11 is 3.32. The molecule has 0 spiro atoms. The number of likely N-dealkylation sites (N-methyl/N-ethyl adjacent to an activating group) is 1. The van der Waals surface area contributed by atoms with Crippen molar-refractivity contribution in [3.63, 3.8) is 0 Å². The molecule has 6 heteroatoms. The van der Waals surface area contributed by atoms with Gasteiger partial charge in [-0.05, 0) is 30.3 Å². The van der Waals surface area contributed by atoms with Crippen LogP contribution in [0.15, 0.2) is 29.0 Å². The van der Waals surface area contributed by atoms with Crippen LogP contribution < -0.4 is 5.32 Å². The topological polar surface area (TPSA) is 42.7 Å². The first-order chi connectivity index (χ1) is 9.10. The van der Waals surface area contributed by atoms with Crippen molar-refractivity contribution < 1.29 is 4.39 Å². The fraction of sp³-hybridized carbons (Fsp3) is 0.385. The molecule has 0 fully saturated rings. The molecule has 1 N–H and O–H groups in total. The van der Waals surface area contributed by atoms with E-state index in [4.69, 9.17) is 0 Å². The van der Waals surface area contributed by atoms with E-state index in [1.807, 2.05) is 20.0 Å². The third kappa shape index (κ3) is 3.61. The first kappa shape index (κ1) is 14.1. The van der Waals surface area contributed by atoms with Crippen molar-refractivity contribution in [1.29, 1.82) is 0 Å². The molecular weight excluding hydrogens is 311 g/mol. The van der Waals surface area contributed by atoms with E-state index in [0.717, 1.165) is 22.4 Å². The SMILES string of the molecule is CCNC(Cc1ncnn1C)c1cc(F)cc(Br)c1. The van der Waals surface area contributed by atoms with E-state index in [9.17, 15) is 4.39 Å². The van der Waals surface area contributed by atoms with Gasteiger partial charge in [-0.25, -0.2) is 9.37 Å². The summed E-state index contributed by atoms with van der Waals surface area (Å²) in [5.74, 6) is 0.622. The number of nitrogens with one attached hydrogen (secondary N) is 1. The van der Waals surface area contributed by atoms with E-state index in [1.165, 1.54) is 12.4 Å². The van der Waals surface area contributed by atoms with Gasteiger partial charge in [0.25, 0.3) is 0 Å². The third-order valence-electron chi connectivity index (χ3n) is 2.93. The standard InChI is InChI=1S/C13H16BrFN4/c1-3-16-12(7-13-17-8-18-19(13)2)9-4-10(14)6-11(15)5-9/h4-6,8,12,16H,3,7H2,1-2H3. The number of aromatic nitrogens is 3. The first-order valence-electron chi connectivity index (χ1n) is 6.12. The predicted molar refractivity (Wildman–Crippen MR) is 75.2 cm³/mol. The molecule has 102 valence electrons. The minimum absolute atomic E-state index is 0.0138. The molecule has 0 aliphatic carbocycles. The molecule has 2 aromatic rings. The average Bonchev–Trinajstić information content (AvgIpc) is 2.73. The molecule has 0 radical (unpaired) electrons. The highest BCUT2D eigenvalue weighted by molar-refractivity contribution is 9.10. The molecule has 1 heterocycles. The summed E-state index contributed by atoms with van der Waals surface area (Å²) in [5.41, 5.74) is 0.900. The summed E-state index contributed by atoms with van der Waals surface area (Å²) in [4.78, 5) is 4.21. The van der Waals surface area contributed by atoms with Crippen LogP contribution in [0.1, 0.15) is 24.4 Å². The van der Waals surface area contributed by atoms with Gasteiger partial charge in [0.15, 0.2) is 0 Å². The molecule has 1 unspecified atom stereocenters. The molecule has 19 heavy (non-hydrogen) atoms. The van der Waals surface area contributed by atoms with Gasteiger partial charge in [0.1, 0.15) is 18.0 Å². The van der Waals surface area contributed by atoms with Crippen LogP contribution >= 0.6 is 15.9 Å². The van der Waals surface area contributed by atoms with E-state index in [0.29, 0.717) is 6.42 Å². The number of nitrogens with zero attached hydrogens (tertiary/aromatic N) is 3. The maximum Gasteiger partial charge on any atom is 0.138 e. The molecule has 1 aromatic carbocycles. The summed E-state index contributed by atoms with van der Waals surface area (Å²) in [7, 11) is 1.85. The Bertz CT molecular complexity index is 535. The van der Waals surface area contributed by atoms with Gasteiger partial charge in [0.05, 0.1) is 0 Å². The number of rotatable bonds is 5. The Hall–Kier alpha value is -1.27. The van der Waals surface area contributed by atoms with Crippen molar-refractivity contribution in [2.45, 2.75) is 19.4 Å². The minimum Gasteiger partial charge on any atom is -0.310 e. The third-order valence-corrected chi connectivity index (χ3v) is 3.39. The highest BCUT2D eigenvalue weighted by Gasteiger charge is 2.15. The van der Waals surface area contributed by atoms with Gasteiger partial charge >= 0.3 is 0 Å². The van der Waals surface area contributed by atoms with E-state index in [1.54, 1.807) is 10.7 Å². The van der Waals surface area contributed by atoms with Crippen LogP contribution in [-0.4, -0.2) is 21.3 Å². The molecule has 0 saturated carbocycles. The minimum atomic E-state index is -0.245. The fourth-order valence-corrected chi connectivity index (χ4v) is 2.50. The quantitative estimate of drug-likeness (QED) is 0.918. The Labute approximate surface area is 120 Å². The number of halogens is 2. The number of hydrogen-bond acceptors (Lipinski definition) is 3. The van der Waals surface area contributed by atoms with Crippen LogP contribution in [0.4, 0.5) is 4.39 Å². The normalized spacial score (nSPS) is 12.6. The zero-order valence-electron chi connectivity index (χ0n) is 10.9. The van der Waals surface area contributed by atoms with Gasteiger partial charge in [0.2, 0.25) is 0 Å². The van der Waals surface area contributed by atoms with Crippen molar-refractivity contribution in [2.24, 2.45) is 7.05 Å². The molecule has 0 amide bonds. The summed E-state index contributed by atoms with van der Waals surface area (Å²) in [5, 5.41) is 7.40. The molecule has 2 rings (SSSR count). The van der Waals surface area contributed by atoms with Gasteiger partial charge in [-0.1, -0.05) is 22.9 Å². The summed E-state index contributed by atoms with van der Waals surface area (Å²) in [6.07, 6.45) is 2.19. The predicted octanol–water partition coefficient (Wildman–Crippen LogP) is 2.61. The van der Waals surface area contributed by atoms with Crippen LogP contribution in [0.25, 0.3) is 0 Å². The van der Waals surface area contributed by atoms with Crippen molar-refractivity contribution in [1.82, 2.24) is 20.1 Å². The van der Waals surface area contributed by atoms with Crippen LogP contribution in [0.3, 0.4) is 0 Å². The number of benzene rings is 1. The molecule has 1 atom stereocenters. The Morgan fingerprint density at radius 3 is 2.79 bits per heavy atom. The van der Waals surface area contributed by atoms with Crippen LogP contribution in [0.5, 0.6) is 0 Å². The maximum atomic E-state index is 13.5. The zero-order valence-corrected chi connectivity index (χ0v) is 12.5. The lowest BCUT2D eigenvalue weighted by molar-refractivity contribution is 0.517. The van der Waals surface area contributed by atoms with Crippen molar-refractivity contribution in [3.8, 4) is 0 Å². The highest BCUT2D eigenvalue weighted by atomic mass is 79.9. The monoisotopic (exact) mass is 326 g/mol. The van der Waals surface area contributed by atoms with E-state index in [2.05, 4.69) is 31.3 Å². The molecule has 4 nitrogen and oxygen atoms in total. The lowest BCUT2D eigenvalue weighted by atomic mass is 10.0. The summed E-state index contributed by atoms with van der Waals surface area (Å²) in [6.45, 7) is 2.83. The van der Waals surface area contributed by atoms with Crippen molar-refractivity contribution >= 4 is 15.9 Å². The van der Waals surface area contributed by atoms with E-state index >= 15 is 0 Å². The summed E-state index contributed by atoms with van der Waals surface area (Å²) in [6, 6.07) is 4.94. The van der Waals surface area contributed by atoms with Gasteiger partial charge in [-0.3, -0.25) is 4.68 Å². The lowest BCUT2D eigenvalue weighted by Crippen LogP contribution is -2.24. The number of hydrogen-bond donors (Lipinski definition) is 1. The molecule has 0 bridgehead atoms. The van der Waals surface area contributed by atoms with Crippen LogP contribution in [0, 0.1) is 5.82 Å². The Morgan fingerprint density at radius 1 is 1.42 bits per heavy atom. The number of aryl methyl sites for hydroxylation is 1. The Morgan fingerprint density at radius 2 is 2.21 bits per heavy atom. The van der Waals surface area contributed by atoms with Crippen molar-refractivity contribution in [2.75, 3.05) is 6.54 Å². The first-order valence-corrected chi connectivity index (χ1v) is 6.91. The van der Waals surface area contributed by atoms with Gasteiger partial charge in [0, 0.05) is 24.0 Å². The fourth-order valence-electron chi connectivity index (χ4n) is 2.02. The molecule has 0 aliphatic heterocycles. The molecule has 0 aliphatic rings. The van der Waals surface area contributed by atoms with Gasteiger partial charge in [-0.2, -0.15) is 5.10 Å². The van der Waals surface area contributed by atoms with Gasteiger partial charge in [-0.15, -0.1) is 0 Å². The second kappa shape index (κ2) is 6.25. The average molecular weight is 327 g/mol. The largest absolute Gasteiger partial charge is 0.310 e. The summed E-state index contributed by atoms with van der Waals surface area (Å²) < 4.78 is 16.0. The second-order valence-electron chi connectivity index (χ2n) is 4.32. The van der Waals surface area contributed by atoms with E-state index < -0.39 is 0 Å².